The van der Waals surface area contributed by atoms with Crippen LogP contribution in [0.3, 0.4) is 0 Å². The summed E-state index contributed by atoms with van der Waals surface area (Å²) in [5.41, 5.74) is 0.747. The molecule has 1 aromatic carbocycles. The number of rotatable bonds is 5. The maximum absolute atomic E-state index is 12.1. The topological polar surface area (TPSA) is 30.5 Å². The largest absolute Gasteiger partial charge is 0.573 e. The smallest absolute Gasteiger partial charge is 0.406 e. The van der Waals surface area contributed by atoms with E-state index >= 15 is 0 Å². The molecule has 0 saturated carbocycles. The van der Waals surface area contributed by atoms with Crippen molar-refractivity contribution in [3.05, 3.63) is 29.8 Å². The summed E-state index contributed by atoms with van der Waals surface area (Å²) in [6, 6.07) is 6.17. The van der Waals surface area contributed by atoms with Crippen LogP contribution in [-0.2, 0) is 11.3 Å². The van der Waals surface area contributed by atoms with Crippen LogP contribution in [0.25, 0.3) is 0 Å². The van der Waals surface area contributed by atoms with E-state index in [0.717, 1.165) is 25.0 Å². The minimum absolute atomic E-state index is 0.171. The minimum atomic E-state index is -4.66. The van der Waals surface area contributed by atoms with Crippen LogP contribution in [0.15, 0.2) is 24.3 Å². The van der Waals surface area contributed by atoms with Gasteiger partial charge in [-0.2, -0.15) is 0 Å². The van der Waals surface area contributed by atoms with Gasteiger partial charge in [-0.1, -0.05) is 12.1 Å². The van der Waals surface area contributed by atoms with Crippen molar-refractivity contribution in [3.63, 3.8) is 0 Å². The molecule has 1 saturated heterocycles. The fourth-order valence-corrected chi connectivity index (χ4v) is 2.26. The van der Waals surface area contributed by atoms with Gasteiger partial charge in [-0.15, -0.1) is 13.2 Å². The molecular weight excluding hydrogens is 271 g/mol. The van der Waals surface area contributed by atoms with E-state index in [9.17, 15) is 13.2 Å². The third kappa shape index (κ3) is 4.68. The van der Waals surface area contributed by atoms with Gasteiger partial charge in [0.1, 0.15) is 5.75 Å². The zero-order valence-corrected chi connectivity index (χ0v) is 11.2. The quantitative estimate of drug-likeness (QED) is 0.902. The highest BCUT2D eigenvalue weighted by atomic mass is 19.4. The summed E-state index contributed by atoms with van der Waals surface area (Å²) >= 11 is 0. The summed E-state index contributed by atoms with van der Waals surface area (Å²) in [6.45, 7) is 3.29. The number of ether oxygens (including phenoxy) is 2. The predicted octanol–water partition coefficient (Wildman–Crippen LogP) is 3.24. The van der Waals surface area contributed by atoms with Crippen molar-refractivity contribution >= 4 is 0 Å². The monoisotopic (exact) mass is 289 g/mol. The lowest BCUT2D eigenvalue weighted by Crippen LogP contribution is -2.36. The molecular formula is C14H18F3NO2. The Morgan fingerprint density at radius 1 is 1.45 bits per heavy atom. The zero-order chi connectivity index (χ0) is 14.6. The van der Waals surface area contributed by atoms with E-state index in [1.807, 2.05) is 6.92 Å². The molecule has 112 valence electrons. The van der Waals surface area contributed by atoms with Gasteiger partial charge in [0.05, 0.1) is 6.10 Å². The molecule has 20 heavy (non-hydrogen) atoms. The van der Waals surface area contributed by atoms with E-state index in [1.165, 1.54) is 12.1 Å². The van der Waals surface area contributed by atoms with Gasteiger partial charge in [0.15, 0.2) is 0 Å². The fourth-order valence-electron chi connectivity index (χ4n) is 2.26. The zero-order valence-electron chi connectivity index (χ0n) is 11.2. The summed E-state index contributed by atoms with van der Waals surface area (Å²) in [5, 5.41) is 3.27. The number of benzene rings is 1. The summed E-state index contributed by atoms with van der Waals surface area (Å²) in [6.07, 6.45) is -2.39. The first-order chi connectivity index (χ1) is 9.44. The Kier molecular flexibility index (Phi) is 4.88. The van der Waals surface area contributed by atoms with E-state index in [1.54, 1.807) is 12.1 Å². The number of hydrogen-bond donors (Lipinski definition) is 1. The minimum Gasteiger partial charge on any atom is -0.406 e. The second-order valence-electron chi connectivity index (χ2n) is 4.92. The maximum Gasteiger partial charge on any atom is 0.573 e. The Labute approximate surface area is 116 Å². The molecule has 0 radical (unpaired) electrons. The summed E-state index contributed by atoms with van der Waals surface area (Å²) < 4.78 is 45.9. The molecule has 1 aliphatic rings. The lowest BCUT2D eigenvalue weighted by atomic mass is 10.1. The molecule has 3 nitrogen and oxygen atoms in total. The van der Waals surface area contributed by atoms with E-state index in [2.05, 4.69) is 10.1 Å². The highest BCUT2D eigenvalue weighted by molar-refractivity contribution is 5.28. The van der Waals surface area contributed by atoms with E-state index in [-0.39, 0.29) is 17.9 Å². The van der Waals surface area contributed by atoms with Crippen LogP contribution in [0.4, 0.5) is 13.2 Å². The molecule has 6 heteroatoms. The van der Waals surface area contributed by atoms with Crippen LogP contribution in [0.1, 0.15) is 25.3 Å². The molecule has 2 atom stereocenters. The van der Waals surface area contributed by atoms with Gasteiger partial charge in [-0.05, 0) is 37.5 Å². The first-order valence-corrected chi connectivity index (χ1v) is 6.64. The standard InChI is InChI=1S/C14H18F3NO2/c1-10(13-6-3-7-19-13)18-9-11-4-2-5-12(8-11)20-14(15,16)17/h2,4-5,8,10,13,18H,3,6-7,9H2,1H3. The molecule has 0 aliphatic carbocycles. The molecule has 1 heterocycles. The van der Waals surface area contributed by atoms with Gasteiger partial charge in [-0.3, -0.25) is 0 Å². The molecule has 2 unspecified atom stereocenters. The Balaban J connectivity index is 1.87. The molecule has 1 fully saturated rings. The average molecular weight is 289 g/mol. The third-order valence-corrected chi connectivity index (χ3v) is 3.28. The number of halogens is 3. The lowest BCUT2D eigenvalue weighted by molar-refractivity contribution is -0.274. The van der Waals surface area contributed by atoms with Crippen LogP contribution < -0.4 is 10.1 Å². The summed E-state index contributed by atoms with van der Waals surface area (Å²) in [4.78, 5) is 0. The van der Waals surface area contributed by atoms with Gasteiger partial charge in [0, 0.05) is 19.2 Å². The van der Waals surface area contributed by atoms with Crippen molar-refractivity contribution in [2.45, 2.75) is 44.8 Å². The number of nitrogens with one attached hydrogen (secondary N) is 1. The molecule has 0 amide bonds. The Hall–Kier alpha value is -1.27. The number of alkyl halides is 3. The normalized spacial score (nSPS) is 20.9. The van der Waals surface area contributed by atoms with Crippen LogP contribution in [0.5, 0.6) is 5.75 Å². The third-order valence-electron chi connectivity index (χ3n) is 3.28. The molecule has 1 aromatic rings. The SMILES string of the molecule is CC(NCc1cccc(OC(F)(F)F)c1)C1CCCO1. The van der Waals surface area contributed by atoms with Gasteiger partial charge in [0.25, 0.3) is 0 Å². The van der Waals surface area contributed by atoms with Crippen LogP contribution >= 0.6 is 0 Å². The lowest BCUT2D eigenvalue weighted by Gasteiger charge is -2.20. The second-order valence-corrected chi connectivity index (χ2v) is 4.92. The average Bonchev–Trinajstić information content (AvgIpc) is 2.88. The molecule has 1 N–H and O–H groups in total. The van der Waals surface area contributed by atoms with E-state index in [4.69, 9.17) is 4.74 Å². The Morgan fingerprint density at radius 3 is 2.90 bits per heavy atom. The van der Waals surface area contributed by atoms with Crippen molar-refractivity contribution in [3.8, 4) is 5.75 Å². The summed E-state index contributed by atoms with van der Waals surface area (Å²) in [5.74, 6) is -0.193. The van der Waals surface area contributed by atoms with Gasteiger partial charge < -0.3 is 14.8 Å². The highest BCUT2D eigenvalue weighted by Gasteiger charge is 2.31. The number of hydrogen-bond acceptors (Lipinski definition) is 3. The van der Waals surface area contributed by atoms with Gasteiger partial charge >= 0.3 is 6.36 Å². The van der Waals surface area contributed by atoms with Crippen molar-refractivity contribution in [2.75, 3.05) is 6.61 Å². The fraction of sp³-hybridized carbons (Fsp3) is 0.571. The maximum atomic E-state index is 12.1. The van der Waals surface area contributed by atoms with Crippen molar-refractivity contribution in [2.24, 2.45) is 0 Å². The molecule has 1 aliphatic heterocycles. The summed E-state index contributed by atoms with van der Waals surface area (Å²) in [7, 11) is 0. The Bertz CT molecular complexity index is 431. The van der Waals surface area contributed by atoms with E-state index < -0.39 is 6.36 Å². The molecule has 0 spiro atoms. The van der Waals surface area contributed by atoms with Crippen molar-refractivity contribution in [1.82, 2.24) is 5.32 Å². The molecule has 0 aromatic heterocycles. The highest BCUT2D eigenvalue weighted by Crippen LogP contribution is 2.23. The first kappa shape index (κ1) is 15.1. The predicted molar refractivity (Wildman–Crippen MR) is 68.4 cm³/mol. The van der Waals surface area contributed by atoms with Gasteiger partial charge in [-0.25, -0.2) is 0 Å². The molecule has 2 rings (SSSR count). The van der Waals surface area contributed by atoms with E-state index in [0.29, 0.717) is 6.54 Å². The molecule has 0 bridgehead atoms. The first-order valence-electron chi connectivity index (χ1n) is 6.64. The van der Waals surface area contributed by atoms with Gasteiger partial charge in [0.2, 0.25) is 0 Å². The second kappa shape index (κ2) is 6.45. The van der Waals surface area contributed by atoms with Crippen LogP contribution in [0.2, 0.25) is 0 Å². The van der Waals surface area contributed by atoms with Crippen molar-refractivity contribution in [1.29, 1.82) is 0 Å². The van der Waals surface area contributed by atoms with Crippen LogP contribution in [-0.4, -0.2) is 25.1 Å². The Morgan fingerprint density at radius 2 is 2.25 bits per heavy atom. The van der Waals surface area contributed by atoms with Crippen molar-refractivity contribution < 1.29 is 22.6 Å². The van der Waals surface area contributed by atoms with Crippen LogP contribution in [0, 0.1) is 0 Å².